The molecule has 1 rings (SSSR count). The van der Waals surface area contributed by atoms with E-state index < -0.39 is 0 Å². The van der Waals surface area contributed by atoms with E-state index in [-0.39, 0.29) is 11.9 Å². The normalized spacial score (nSPS) is 12.2. The molecule has 1 aromatic rings. The second-order valence-electron chi connectivity index (χ2n) is 4.75. The maximum absolute atomic E-state index is 11.9. The van der Waals surface area contributed by atoms with E-state index in [1.165, 1.54) is 11.1 Å². The molecule has 0 fully saturated rings. The minimum atomic E-state index is 0.0789. The van der Waals surface area contributed by atoms with Gasteiger partial charge in [0.2, 0.25) is 5.91 Å². The van der Waals surface area contributed by atoms with E-state index in [1.54, 1.807) is 0 Å². The third kappa shape index (κ3) is 4.69. The summed E-state index contributed by atoms with van der Waals surface area (Å²) in [5.74, 6) is 0.665. The van der Waals surface area contributed by atoms with E-state index in [1.807, 2.05) is 6.07 Å². The van der Waals surface area contributed by atoms with E-state index in [0.29, 0.717) is 12.3 Å². The molecular weight excluding hydrogens is 246 g/mol. The fraction of sp³-hybridized carbons (Fsp3) is 0.533. The monoisotopic (exact) mass is 267 g/mol. The second kappa shape index (κ2) is 7.42. The van der Waals surface area contributed by atoms with Crippen LogP contribution >= 0.6 is 11.6 Å². The van der Waals surface area contributed by atoms with Crippen LogP contribution in [0.5, 0.6) is 0 Å². The van der Waals surface area contributed by atoms with Crippen LogP contribution in [0.25, 0.3) is 0 Å². The minimum Gasteiger partial charge on any atom is -0.353 e. The highest BCUT2D eigenvalue weighted by atomic mass is 35.5. The Bertz CT molecular complexity index is 403. The van der Waals surface area contributed by atoms with Crippen molar-refractivity contribution in [2.75, 3.05) is 5.88 Å². The summed E-state index contributed by atoms with van der Waals surface area (Å²) in [4.78, 5) is 11.9. The van der Waals surface area contributed by atoms with Gasteiger partial charge in [-0.25, -0.2) is 0 Å². The second-order valence-corrected chi connectivity index (χ2v) is 5.12. The zero-order chi connectivity index (χ0) is 13.5. The maximum Gasteiger partial charge on any atom is 0.224 e. The van der Waals surface area contributed by atoms with Gasteiger partial charge in [-0.15, -0.1) is 11.6 Å². The van der Waals surface area contributed by atoms with Crippen LogP contribution < -0.4 is 5.32 Å². The number of halogens is 1. The first-order chi connectivity index (χ1) is 8.56. The van der Waals surface area contributed by atoms with Gasteiger partial charge in [-0.05, 0) is 43.4 Å². The van der Waals surface area contributed by atoms with Gasteiger partial charge in [0.1, 0.15) is 0 Å². The van der Waals surface area contributed by atoms with Crippen molar-refractivity contribution in [3.05, 3.63) is 34.9 Å². The smallest absolute Gasteiger partial charge is 0.224 e. The van der Waals surface area contributed by atoms with E-state index in [4.69, 9.17) is 11.6 Å². The molecular formula is C15H22ClNO. The van der Waals surface area contributed by atoms with Crippen LogP contribution in [0, 0.1) is 13.8 Å². The molecule has 1 atom stereocenters. The number of rotatable bonds is 6. The van der Waals surface area contributed by atoms with Gasteiger partial charge in [-0.2, -0.15) is 0 Å². The van der Waals surface area contributed by atoms with Crippen molar-refractivity contribution >= 4 is 17.5 Å². The lowest BCUT2D eigenvalue weighted by atomic mass is 10.0. The van der Waals surface area contributed by atoms with Gasteiger partial charge >= 0.3 is 0 Å². The summed E-state index contributed by atoms with van der Waals surface area (Å²) in [6.45, 7) is 6.21. The summed E-state index contributed by atoms with van der Waals surface area (Å²) >= 11 is 5.71. The lowest BCUT2D eigenvalue weighted by molar-refractivity contribution is -0.121. The van der Waals surface area contributed by atoms with E-state index in [2.05, 4.69) is 38.2 Å². The number of nitrogens with one attached hydrogen (secondary N) is 1. The zero-order valence-corrected chi connectivity index (χ0v) is 12.2. The number of hydrogen-bond acceptors (Lipinski definition) is 1. The standard InChI is InChI=1S/C15H22ClNO/c1-4-14(7-8-16)17-15(18)10-13-6-5-11(2)12(3)9-13/h5-6,9,14H,4,7-8,10H2,1-3H3,(H,17,18). The number of carbonyl (C=O) groups excluding carboxylic acids is 1. The Hall–Kier alpha value is -1.02. The van der Waals surface area contributed by atoms with E-state index in [0.717, 1.165) is 18.4 Å². The maximum atomic E-state index is 11.9. The summed E-state index contributed by atoms with van der Waals surface area (Å²) in [6.07, 6.45) is 2.20. The molecule has 1 aromatic carbocycles. The summed E-state index contributed by atoms with van der Waals surface area (Å²) < 4.78 is 0. The molecule has 0 bridgehead atoms. The molecule has 0 heterocycles. The molecule has 0 aliphatic rings. The molecule has 0 aliphatic heterocycles. The minimum absolute atomic E-state index is 0.0789. The van der Waals surface area contributed by atoms with Crippen LogP contribution in [0.15, 0.2) is 18.2 Å². The van der Waals surface area contributed by atoms with Crippen molar-refractivity contribution in [2.45, 2.75) is 46.1 Å². The fourth-order valence-electron chi connectivity index (χ4n) is 1.89. The SMILES string of the molecule is CCC(CCCl)NC(=O)Cc1ccc(C)c(C)c1. The topological polar surface area (TPSA) is 29.1 Å². The molecule has 0 aliphatic carbocycles. The van der Waals surface area contributed by atoms with E-state index >= 15 is 0 Å². The van der Waals surface area contributed by atoms with Crippen LogP contribution in [0.2, 0.25) is 0 Å². The lowest BCUT2D eigenvalue weighted by Gasteiger charge is -2.15. The predicted octanol–water partition coefficient (Wildman–Crippen LogP) is 3.37. The fourth-order valence-corrected chi connectivity index (χ4v) is 2.15. The van der Waals surface area contributed by atoms with Crippen molar-refractivity contribution in [3.8, 4) is 0 Å². The highest BCUT2D eigenvalue weighted by Crippen LogP contribution is 2.10. The van der Waals surface area contributed by atoms with Crippen molar-refractivity contribution in [1.82, 2.24) is 5.32 Å². The number of hydrogen-bond donors (Lipinski definition) is 1. The molecule has 18 heavy (non-hydrogen) atoms. The van der Waals surface area contributed by atoms with Crippen molar-refractivity contribution in [2.24, 2.45) is 0 Å². The largest absolute Gasteiger partial charge is 0.353 e. The summed E-state index contributed by atoms with van der Waals surface area (Å²) in [5.41, 5.74) is 3.55. The molecule has 0 saturated carbocycles. The molecule has 0 aromatic heterocycles. The van der Waals surface area contributed by atoms with Gasteiger partial charge in [0.05, 0.1) is 6.42 Å². The Balaban J connectivity index is 2.55. The number of benzene rings is 1. The third-order valence-electron chi connectivity index (χ3n) is 3.25. The van der Waals surface area contributed by atoms with Crippen LogP contribution in [0.4, 0.5) is 0 Å². The first-order valence-electron chi connectivity index (χ1n) is 6.48. The molecule has 0 saturated heterocycles. The summed E-state index contributed by atoms with van der Waals surface area (Å²) in [6, 6.07) is 6.36. The highest BCUT2D eigenvalue weighted by molar-refractivity contribution is 6.17. The third-order valence-corrected chi connectivity index (χ3v) is 3.47. The van der Waals surface area contributed by atoms with Crippen molar-refractivity contribution < 1.29 is 4.79 Å². The first kappa shape index (κ1) is 15.0. The lowest BCUT2D eigenvalue weighted by Crippen LogP contribution is -2.35. The number of aryl methyl sites for hydroxylation is 2. The van der Waals surface area contributed by atoms with Gasteiger partial charge in [0.15, 0.2) is 0 Å². The van der Waals surface area contributed by atoms with E-state index in [9.17, 15) is 4.79 Å². The van der Waals surface area contributed by atoms with Crippen LogP contribution in [-0.4, -0.2) is 17.8 Å². The predicted molar refractivity (Wildman–Crippen MR) is 77.2 cm³/mol. The molecule has 100 valence electrons. The summed E-state index contributed by atoms with van der Waals surface area (Å²) in [7, 11) is 0. The van der Waals surface area contributed by atoms with Crippen LogP contribution in [0.3, 0.4) is 0 Å². The number of amides is 1. The van der Waals surface area contributed by atoms with Gasteiger partial charge in [-0.1, -0.05) is 25.1 Å². The average molecular weight is 268 g/mol. The van der Waals surface area contributed by atoms with Crippen LogP contribution in [0.1, 0.15) is 36.5 Å². The Morgan fingerprint density at radius 2 is 2.06 bits per heavy atom. The zero-order valence-electron chi connectivity index (χ0n) is 11.4. The van der Waals surface area contributed by atoms with Crippen LogP contribution in [-0.2, 0) is 11.2 Å². The molecule has 1 N–H and O–H groups in total. The average Bonchev–Trinajstić information content (AvgIpc) is 2.33. The van der Waals surface area contributed by atoms with Gasteiger partial charge in [0.25, 0.3) is 0 Å². The highest BCUT2D eigenvalue weighted by Gasteiger charge is 2.10. The molecule has 0 radical (unpaired) electrons. The number of carbonyl (C=O) groups is 1. The van der Waals surface area contributed by atoms with Gasteiger partial charge in [0, 0.05) is 11.9 Å². The molecule has 3 heteroatoms. The quantitative estimate of drug-likeness (QED) is 0.787. The van der Waals surface area contributed by atoms with Crippen molar-refractivity contribution in [1.29, 1.82) is 0 Å². The Kier molecular flexibility index (Phi) is 6.20. The number of alkyl halides is 1. The Labute approximate surface area is 115 Å². The molecule has 0 spiro atoms. The Morgan fingerprint density at radius 1 is 1.33 bits per heavy atom. The molecule has 1 unspecified atom stereocenters. The first-order valence-corrected chi connectivity index (χ1v) is 7.01. The summed E-state index contributed by atoms with van der Waals surface area (Å²) in [5, 5.41) is 3.03. The molecule has 1 amide bonds. The van der Waals surface area contributed by atoms with Gasteiger partial charge < -0.3 is 5.32 Å². The van der Waals surface area contributed by atoms with Crippen molar-refractivity contribution in [3.63, 3.8) is 0 Å². The molecule has 2 nitrogen and oxygen atoms in total. The Morgan fingerprint density at radius 3 is 2.61 bits per heavy atom. The van der Waals surface area contributed by atoms with Gasteiger partial charge in [-0.3, -0.25) is 4.79 Å².